The van der Waals surface area contributed by atoms with Crippen molar-refractivity contribution in [3.05, 3.63) is 0 Å². The van der Waals surface area contributed by atoms with E-state index in [4.69, 9.17) is 0 Å². The Balaban J connectivity index is 1.27. The van der Waals surface area contributed by atoms with E-state index in [0.717, 1.165) is 57.5 Å². The van der Waals surface area contributed by atoms with Crippen LogP contribution in [0.1, 0.15) is 25.7 Å². The molecule has 0 radical (unpaired) electrons. The van der Waals surface area contributed by atoms with Gasteiger partial charge in [0.05, 0.1) is 0 Å². The molecule has 3 rings (SSSR count). The van der Waals surface area contributed by atoms with Gasteiger partial charge in [-0.3, -0.25) is 4.79 Å². The quantitative estimate of drug-likeness (QED) is 0.697. The molecule has 2 saturated carbocycles. The zero-order valence-electron chi connectivity index (χ0n) is 11.2. The molecule has 4 heteroatoms. The van der Waals surface area contributed by atoms with Gasteiger partial charge in [0.25, 0.3) is 0 Å². The Labute approximate surface area is 109 Å². The minimum Gasteiger partial charge on any atom is -0.356 e. The van der Waals surface area contributed by atoms with Gasteiger partial charge >= 0.3 is 0 Å². The van der Waals surface area contributed by atoms with E-state index < -0.39 is 0 Å². The predicted octanol–water partition coefficient (Wildman–Crippen LogP) is 0.444. The number of fused-ring (bicyclic) bond motifs is 1. The summed E-state index contributed by atoms with van der Waals surface area (Å²) < 4.78 is 0. The second-order valence-corrected chi connectivity index (χ2v) is 6.02. The summed E-state index contributed by atoms with van der Waals surface area (Å²) in [5.74, 6) is 2.22. The first kappa shape index (κ1) is 12.4. The van der Waals surface area contributed by atoms with E-state index in [-0.39, 0.29) is 0 Å². The lowest BCUT2D eigenvalue weighted by Crippen LogP contribution is -2.44. The molecule has 3 fully saturated rings. The lowest BCUT2D eigenvalue weighted by atomic mass is 10.1. The average molecular weight is 251 g/mol. The Kier molecular flexibility index (Phi) is 3.85. The predicted molar refractivity (Wildman–Crippen MR) is 71.3 cm³/mol. The molecule has 3 aliphatic rings. The standard InChI is InChI=1S/C14H25N3O/c18-14(13-11-3-1-4-12(11)13)16-5-2-8-17-9-6-15-7-10-17/h11-13,15H,1-10H2,(H,16,18). The second-order valence-electron chi connectivity index (χ2n) is 6.02. The number of nitrogens with one attached hydrogen (secondary N) is 2. The monoisotopic (exact) mass is 251 g/mol. The maximum absolute atomic E-state index is 11.9. The van der Waals surface area contributed by atoms with Crippen LogP contribution in [0.5, 0.6) is 0 Å². The van der Waals surface area contributed by atoms with Gasteiger partial charge in [0.1, 0.15) is 0 Å². The maximum Gasteiger partial charge on any atom is 0.223 e. The Morgan fingerprint density at radius 3 is 2.67 bits per heavy atom. The molecule has 18 heavy (non-hydrogen) atoms. The molecule has 0 aromatic heterocycles. The highest BCUT2D eigenvalue weighted by atomic mass is 16.2. The molecule has 2 aliphatic carbocycles. The van der Waals surface area contributed by atoms with E-state index in [1.54, 1.807) is 0 Å². The molecule has 4 nitrogen and oxygen atoms in total. The lowest BCUT2D eigenvalue weighted by molar-refractivity contribution is -0.123. The van der Waals surface area contributed by atoms with E-state index in [2.05, 4.69) is 15.5 Å². The Morgan fingerprint density at radius 2 is 1.94 bits per heavy atom. The molecule has 2 N–H and O–H groups in total. The topological polar surface area (TPSA) is 44.4 Å². The molecule has 1 heterocycles. The van der Waals surface area contributed by atoms with Crippen LogP contribution in [0.2, 0.25) is 0 Å². The fraction of sp³-hybridized carbons (Fsp3) is 0.929. The number of nitrogens with zero attached hydrogens (tertiary/aromatic N) is 1. The van der Waals surface area contributed by atoms with Gasteiger partial charge in [0.15, 0.2) is 0 Å². The molecule has 2 unspecified atom stereocenters. The van der Waals surface area contributed by atoms with E-state index in [1.807, 2.05) is 0 Å². The van der Waals surface area contributed by atoms with Crippen molar-refractivity contribution in [3.63, 3.8) is 0 Å². The van der Waals surface area contributed by atoms with Crippen molar-refractivity contribution >= 4 is 5.91 Å². The Bertz CT molecular complexity index is 291. The highest BCUT2D eigenvalue weighted by Gasteiger charge is 2.56. The van der Waals surface area contributed by atoms with Crippen LogP contribution >= 0.6 is 0 Å². The highest BCUT2D eigenvalue weighted by Crippen LogP contribution is 2.57. The minimum absolute atomic E-state index is 0.338. The zero-order chi connectivity index (χ0) is 12.4. The van der Waals surface area contributed by atoms with Crippen LogP contribution < -0.4 is 10.6 Å². The summed E-state index contributed by atoms with van der Waals surface area (Å²) in [5, 5.41) is 6.49. The smallest absolute Gasteiger partial charge is 0.223 e. The molecule has 0 bridgehead atoms. The molecule has 1 amide bonds. The minimum atomic E-state index is 0.338. The van der Waals surface area contributed by atoms with Crippen LogP contribution in [0.3, 0.4) is 0 Å². The van der Waals surface area contributed by atoms with E-state index >= 15 is 0 Å². The van der Waals surface area contributed by atoms with Crippen molar-refractivity contribution in [2.24, 2.45) is 17.8 Å². The Hall–Kier alpha value is -0.610. The fourth-order valence-electron chi connectivity index (χ4n) is 3.78. The third-order valence-electron chi connectivity index (χ3n) is 4.87. The van der Waals surface area contributed by atoms with Crippen LogP contribution in [-0.4, -0.2) is 50.1 Å². The molecular formula is C14H25N3O. The third-order valence-corrected chi connectivity index (χ3v) is 4.87. The molecule has 0 spiro atoms. The molecule has 1 saturated heterocycles. The van der Waals surface area contributed by atoms with Crippen molar-refractivity contribution < 1.29 is 4.79 Å². The van der Waals surface area contributed by atoms with Crippen molar-refractivity contribution in [2.45, 2.75) is 25.7 Å². The number of hydrogen-bond donors (Lipinski definition) is 2. The molecule has 0 aromatic rings. The van der Waals surface area contributed by atoms with Gasteiger partial charge in [-0.15, -0.1) is 0 Å². The van der Waals surface area contributed by atoms with Gasteiger partial charge < -0.3 is 15.5 Å². The third kappa shape index (κ3) is 2.69. The SMILES string of the molecule is O=C(NCCCN1CCNCC1)C1C2CCCC21. The van der Waals surface area contributed by atoms with Crippen LogP contribution in [0, 0.1) is 17.8 Å². The number of carbonyl (C=O) groups is 1. The fourth-order valence-corrected chi connectivity index (χ4v) is 3.78. The van der Waals surface area contributed by atoms with Crippen molar-refractivity contribution in [1.82, 2.24) is 15.5 Å². The van der Waals surface area contributed by atoms with E-state index in [9.17, 15) is 4.79 Å². The van der Waals surface area contributed by atoms with E-state index in [1.165, 1.54) is 19.3 Å². The molecule has 1 aliphatic heterocycles. The first-order valence-corrected chi connectivity index (χ1v) is 7.57. The molecule has 0 aromatic carbocycles. The number of piperazine rings is 1. The zero-order valence-corrected chi connectivity index (χ0v) is 11.2. The number of rotatable bonds is 5. The lowest BCUT2D eigenvalue weighted by Gasteiger charge is -2.27. The highest BCUT2D eigenvalue weighted by molar-refractivity contribution is 5.82. The van der Waals surface area contributed by atoms with Gasteiger partial charge in [-0.05, 0) is 37.6 Å². The van der Waals surface area contributed by atoms with Gasteiger partial charge in [-0.1, -0.05) is 6.42 Å². The largest absolute Gasteiger partial charge is 0.356 e. The number of amides is 1. The first-order valence-electron chi connectivity index (χ1n) is 7.57. The average Bonchev–Trinajstić information content (AvgIpc) is 2.89. The second kappa shape index (κ2) is 5.57. The van der Waals surface area contributed by atoms with Crippen LogP contribution in [0.4, 0.5) is 0 Å². The summed E-state index contributed by atoms with van der Waals surface area (Å²) in [6.07, 6.45) is 5.03. The summed E-state index contributed by atoms with van der Waals surface area (Å²) in [6.45, 7) is 6.51. The van der Waals surface area contributed by atoms with Gasteiger partial charge in [0, 0.05) is 38.6 Å². The van der Waals surface area contributed by atoms with Gasteiger partial charge in [-0.2, -0.15) is 0 Å². The summed E-state index contributed by atoms with van der Waals surface area (Å²) in [4.78, 5) is 14.4. The van der Waals surface area contributed by atoms with Gasteiger partial charge in [-0.25, -0.2) is 0 Å². The van der Waals surface area contributed by atoms with Crippen LogP contribution in [0.25, 0.3) is 0 Å². The van der Waals surface area contributed by atoms with Crippen LogP contribution in [0.15, 0.2) is 0 Å². The number of carbonyl (C=O) groups excluding carboxylic acids is 1. The van der Waals surface area contributed by atoms with Crippen molar-refractivity contribution in [2.75, 3.05) is 39.3 Å². The summed E-state index contributed by atoms with van der Waals surface area (Å²) >= 11 is 0. The molecular weight excluding hydrogens is 226 g/mol. The molecule has 2 atom stereocenters. The van der Waals surface area contributed by atoms with E-state index in [0.29, 0.717) is 11.8 Å². The summed E-state index contributed by atoms with van der Waals surface area (Å²) in [7, 11) is 0. The molecule has 102 valence electrons. The Morgan fingerprint density at radius 1 is 1.22 bits per heavy atom. The van der Waals surface area contributed by atoms with Crippen molar-refractivity contribution in [3.8, 4) is 0 Å². The van der Waals surface area contributed by atoms with Gasteiger partial charge in [0.2, 0.25) is 5.91 Å². The summed E-state index contributed by atoms with van der Waals surface area (Å²) in [5.41, 5.74) is 0. The number of hydrogen-bond acceptors (Lipinski definition) is 3. The van der Waals surface area contributed by atoms with Crippen LogP contribution in [-0.2, 0) is 4.79 Å². The summed E-state index contributed by atoms with van der Waals surface area (Å²) in [6, 6.07) is 0. The van der Waals surface area contributed by atoms with Crippen molar-refractivity contribution in [1.29, 1.82) is 0 Å². The normalized spacial score (nSPS) is 35.2. The maximum atomic E-state index is 11.9. The first-order chi connectivity index (χ1) is 8.86.